The summed E-state index contributed by atoms with van der Waals surface area (Å²) in [6.07, 6.45) is 1.18. The first kappa shape index (κ1) is 13.5. The molecular weight excluding hydrogens is 280 g/mol. The molecule has 0 aliphatic heterocycles. The molecule has 0 radical (unpaired) electrons. The van der Waals surface area contributed by atoms with Crippen LogP contribution in [0.25, 0.3) is 5.69 Å². The summed E-state index contributed by atoms with van der Waals surface area (Å²) in [6, 6.07) is 7.57. The predicted octanol–water partition coefficient (Wildman–Crippen LogP) is -0.155. The summed E-state index contributed by atoms with van der Waals surface area (Å²) >= 11 is 0. The maximum absolute atomic E-state index is 11.6. The van der Waals surface area contributed by atoms with Crippen molar-refractivity contribution >= 4 is 15.7 Å². The average molecular weight is 288 g/mol. The third-order valence-corrected chi connectivity index (χ3v) is 3.47. The molecule has 2 aromatic rings. The van der Waals surface area contributed by atoms with E-state index in [2.05, 4.69) is 4.98 Å². The van der Waals surface area contributed by atoms with E-state index in [1.165, 1.54) is 29.1 Å². The molecule has 4 N–H and O–H groups in total. The van der Waals surface area contributed by atoms with E-state index < -0.39 is 10.0 Å². The zero-order chi connectivity index (χ0) is 14.9. The lowest BCUT2D eigenvalue weighted by Crippen LogP contribution is -2.16. The number of primary sulfonamides is 1. The molecule has 20 heavy (non-hydrogen) atoms. The predicted molar refractivity (Wildman–Crippen MR) is 68.8 cm³/mol. The van der Waals surface area contributed by atoms with Gasteiger partial charge in [0.2, 0.25) is 10.0 Å². The number of imidazole rings is 1. The number of nitrogens with zero attached hydrogens (tertiary/aromatic N) is 4. The highest BCUT2D eigenvalue weighted by molar-refractivity contribution is 7.89. The van der Waals surface area contributed by atoms with E-state index in [0.29, 0.717) is 0 Å². The zero-order valence-electron chi connectivity index (χ0n) is 9.98. The summed E-state index contributed by atoms with van der Waals surface area (Å²) in [7, 11) is -4.05. The van der Waals surface area contributed by atoms with Crippen LogP contribution in [0.2, 0.25) is 0 Å². The SMILES string of the molecule is N#Cc1ncn(-c2ccc(N)cc2S(N)(=O)=O)c1C#N. The molecule has 0 amide bonds. The molecule has 0 fully saturated rings. The molecular formula is C11H8N6O2S. The van der Waals surface area contributed by atoms with Gasteiger partial charge in [0.15, 0.2) is 11.4 Å². The smallest absolute Gasteiger partial charge is 0.240 e. The summed E-state index contributed by atoms with van der Waals surface area (Å²) < 4.78 is 24.4. The lowest BCUT2D eigenvalue weighted by molar-refractivity contribution is 0.597. The average Bonchev–Trinajstić information content (AvgIpc) is 2.80. The lowest BCUT2D eigenvalue weighted by Gasteiger charge is -2.10. The van der Waals surface area contributed by atoms with Crippen LogP contribution in [0.4, 0.5) is 5.69 Å². The van der Waals surface area contributed by atoms with Crippen LogP contribution in [0.15, 0.2) is 29.4 Å². The molecule has 0 unspecified atom stereocenters. The van der Waals surface area contributed by atoms with Crippen LogP contribution in [0.1, 0.15) is 11.4 Å². The Labute approximate surface area is 114 Å². The molecule has 0 aliphatic rings. The Bertz CT molecular complexity index is 869. The highest BCUT2D eigenvalue weighted by atomic mass is 32.2. The second-order valence-electron chi connectivity index (χ2n) is 3.81. The highest BCUT2D eigenvalue weighted by Gasteiger charge is 2.19. The molecule has 0 spiro atoms. The molecule has 0 atom stereocenters. The zero-order valence-corrected chi connectivity index (χ0v) is 10.8. The number of nitriles is 2. The van der Waals surface area contributed by atoms with Gasteiger partial charge in [-0.15, -0.1) is 0 Å². The van der Waals surface area contributed by atoms with E-state index in [1.807, 2.05) is 0 Å². The van der Waals surface area contributed by atoms with Crippen LogP contribution >= 0.6 is 0 Å². The first-order chi connectivity index (χ1) is 9.38. The van der Waals surface area contributed by atoms with E-state index in [0.717, 1.165) is 0 Å². The Morgan fingerprint density at radius 2 is 1.95 bits per heavy atom. The van der Waals surface area contributed by atoms with Crippen LogP contribution in [0.3, 0.4) is 0 Å². The van der Waals surface area contributed by atoms with Gasteiger partial charge in [-0.2, -0.15) is 10.5 Å². The van der Waals surface area contributed by atoms with Crippen molar-refractivity contribution in [3.8, 4) is 17.8 Å². The van der Waals surface area contributed by atoms with Gasteiger partial charge in [0.25, 0.3) is 0 Å². The van der Waals surface area contributed by atoms with Crippen LogP contribution in [-0.2, 0) is 10.0 Å². The first-order valence-electron chi connectivity index (χ1n) is 5.18. The fourth-order valence-corrected chi connectivity index (χ4v) is 2.44. The molecule has 8 nitrogen and oxygen atoms in total. The van der Waals surface area contributed by atoms with Gasteiger partial charge in [0.1, 0.15) is 23.4 Å². The molecule has 1 aromatic heterocycles. The molecule has 0 saturated heterocycles. The summed E-state index contributed by atoms with van der Waals surface area (Å²) in [6.45, 7) is 0. The number of benzene rings is 1. The van der Waals surface area contributed by atoms with Crippen molar-refractivity contribution in [2.24, 2.45) is 5.14 Å². The van der Waals surface area contributed by atoms with Gasteiger partial charge < -0.3 is 5.73 Å². The van der Waals surface area contributed by atoms with E-state index in [-0.39, 0.29) is 27.7 Å². The van der Waals surface area contributed by atoms with Crippen LogP contribution in [0.5, 0.6) is 0 Å². The van der Waals surface area contributed by atoms with Crippen molar-refractivity contribution in [3.63, 3.8) is 0 Å². The number of nitrogens with two attached hydrogens (primary N) is 2. The largest absolute Gasteiger partial charge is 0.399 e. The number of nitrogen functional groups attached to an aromatic ring is 1. The number of rotatable bonds is 2. The van der Waals surface area contributed by atoms with Crippen molar-refractivity contribution < 1.29 is 8.42 Å². The molecule has 2 rings (SSSR count). The molecule has 1 heterocycles. The number of sulfonamides is 1. The van der Waals surface area contributed by atoms with Crippen LogP contribution in [-0.4, -0.2) is 18.0 Å². The lowest BCUT2D eigenvalue weighted by atomic mass is 10.2. The summed E-state index contributed by atoms with van der Waals surface area (Å²) in [5.74, 6) is 0. The molecule has 0 aliphatic carbocycles. The Morgan fingerprint density at radius 3 is 2.50 bits per heavy atom. The minimum Gasteiger partial charge on any atom is -0.399 e. The van der Waals surface area contributed by atoms with Crippen molar-refractivity contribution in [3.05, 3.63) is 35.9 Å². The second-order valence-corrected chi connectivity index (χ2v) is 5.34. The first-order valence-corrected chi connectivity index (χ1v) is 6.73. The maximum Gasteiger partial charge on any atom is 0.240 e. The Morgan fingerprint density at radius 1 is 1.25 bits per heavy atom. The van der Waals surface area contributed by atoms with Crippen molar-refractivity contribution in [2.75, 3.05) is 5.73 Å². The highest BCUT2D eigenvalue weighted by Crippen LogP contribution is 2.23. The van der Waals surface area contributed by atoms with E-state index >= 15 is 0 Å². The van der Waals surface area contributed by atoms with Gasteiger partial charge >= 0.3 is 0 Å². The van der Waals surface area contributed by atoms with Crippen LogP contribution in [0, 0.1) is 22.7 Å². The van der Waals surface area contributed by atoms with Gasteiger partial charge in [0, 0.05) is 5.69 Å². The summed E-state index contributed by atoms with van der Waals surface area (Å²) in [4.78, 5) is 3.49. The minimum absolute atomic E-state index is 0.0813. The van der Waals surface area contributed by atoms with Gasteiger partial charge in [-0.05, 0) is 18.2 Å². The van der Waals surface area contributed by atoms with Crippen LogP contribution < -0.4 is 10.9 Å². The molecule has 0 bridgehead atoms. The minimum atomic E-state index is -4.05. The standard InChI is InChI=1S/C11H8N6O2S/c12-4-8-10(5-13)17(6-16-8)9-2-1-7(14)3-11(9)20(15,18)19/h1-3,6H,14H2,(H2,15,18,19). The summed E-state index contributed by atoms with van der Waals surface area (Å²) in [5.41, 5.74) is 5.66. The van der Waals surface area contributed by atoms with Crippen molar-refractivity contribution in [1.29, 1.82) is 10.5 Å². The van der Waals surface area contributed by atoms with E-state index in [1.54, 1.807) is 12.1 Å². The topological polar surface area (TPSA) is 152 Å². The molecule has 0 saturated carbocycles. The second kappa shape index (κ2) is 4.66. The number of aromatic nitrogens is 2. The van der Waals surface area contributed by atoms with E-state index in [9.17, 15) is 8.42 Å². The Balaban J connectivity index is 2.82. The molecule has 9 heteroatoms. The number of anilines is 1. The Hall–Kier alpha value is -2.88. The number of hydrogen-bond acceptors (Lipinski definition) is 6. The van der Waals surface area contributed by atoms with Crippen molar-refractivity contribution in [2.45, 2.75) is 4.90 Å². The van der Waals surface area contributed by atoms with Gasteiger partial charge in [-0.25, -0.2) is 18.5 Å². The summed E-state index contributed by atoms with van der Waals surface area (Å²) in [5, 5.41) is 23.0. The number of hydrogen-bond donors (Lipinski definition) is 2. The maximum atomic E-state index is 11.6. The quantitative estimate of drug-likeness (QED) is 0.733. The third-order valence-electron chi connectivity index (χ3n) is 2.53. The van der Waals surface area contributed by atoms with Crippen molar-refractivity contribution in [1.82, 2.24) is 9.55 Å². The third kappa shape index (κ3) is 2.19. The molecule has 100 valence electrons. The van der Waals surface area contributed by atoms with E-state index in [4.69, 9.17) is 21.4 Å². The normalized spacial score (nSPS) is 10.8. The fourth-order valence-electron chi connectivity index (χ4n) is 1.68. The van der Waals surface area contributed by atoms with Gasteiger partial charge in [-0.3, -0.25) is 4.57 Å². The monoisotopic (exact) mass is 288 g/mol. The van der Waals surface area contributed by atoms with Gasteiger partial charge in [-0.1, -0.05) is 0 Å². The fraction of sp³-hybridized carbons (Fsp3) is 0. The molecule has 1 aromatic carbocycles. The van der Waals surface area contributed by atoms with Gasteiger partial charge in [0.05, 0.1) is 5.69 Å². The Kier molecular flexibility index (Phi) is 3.16.